The summed E-state index contributed by atoms with van der Waals surface area (Å²) in [5, 5.41) is 4.52. The third kappa shape index (κ3) is 3.78. The van der Waals surface area contributed by atoms with Gasteiger partial charge in [0.25, 0.3) is 0 Å². The Kier molecular flexibility index (Phi) is 5.52. The van der Waals surface area contributed by atoms with Crippen molar-refractivity contribution in [1.82, 2.24) is 4.98 Å². The summed E-state index contributed by atoms with van der Waals surface area (Å²) in [5.74, 6) is 0.269. The van der Waals surface area contributed by atoms with Crippen LogP contribution in [0.2, 0.25) is 10.0 Å². The minimum absolute atomic E-state index is 0.298. The number of nitrogens with zero attached hydrogens (tertiary/aromatic N) is 1. The maximum absolute atomic E-state index is 13.7. The lowest BCUT2D eigenvalue weighted by molar-refractivity contribution is 0.602. The average Bonchev–Trinajstić information content (AvgIpc) is 2.43. The van der Waals surface area contributed by atoms with E-state index in [0.29, 0.717) is 25.8 Å². The predicted molar refractivity (Wildman–Crippen MR) is 83.6 cm³/mol. The van der Waals surface area contributed by atoms with E-state index in [4.69, 9.17) is 23.2 Å². The van der Waals surface area contributed by atoms with E-state index < -0.39 is 0 Å². The highest BCUT2D eigenvalue weighted by Crippen LogP contribution is 2.36. The second-order valence-corrected chi connectivity index (χ2v) is 5.91. The van der Waals surface area contributed by atoms with Gasteiger partial charge in [0.05, 0.1) is 10.0 Å². The average molecular weight is 331 g/mol. The normalized spacial score (nSPS) is 10.6. The molecular formula is C14H13Cl2FN2S. The number of hydrogen-bond acceptors (Lipinski definition) is 3. The Balaban J connectivity index is 2.29. The Morgan fingerprint density at radius 2 is 2.00 bits per heavy atom. The number of rotatable bonds is 5. The summed E-state index contributed by atoms with van der Waals surface area (Å²) < 4.78 is 13.7. The zero-order chi connectivity index (χ0) is 14.5. The largest absolute Gasteiger partial charge is 0.369 e. The van der Waals surface area contributed by atoms with Crippen LogP contribution in [0.1, 0.15) is 13.3 Å². The molecule has 0 saturated carbocycles. The summed E-state index contributed by atoms with van der Waals surface area (Å²) in [6, 6.07) is 8.13. The van der Waals surface area contributed by atoms with Gasteiger partial charge in [0, 0.05) is 11.4 Å². The molecule has 1 heterocycles. The number of halogens is 3. The molecule has 1 aromatic heterocycles. The third-order valence-corrected chi connectivity index (χ3v) is 4.23. The van der Waals surface area contributed by atoms with Crippen molar-refractivity contribution in [3.8, 4) is 0 Å². The lowest BCUT2D eigenvalue weighted by Crippen LogP contribution is -2.03. The highest BCUT2D eigenvalue weighted by atomic mass is 35.5. The molecule has 0 atom stereocenters. The maximum Gasteiger partial charge on any atom is 0.146 e. The van der Waals surface area contributed by atoms with E-state index in [0.717, 1.165) is 13.0 Å². The first-order valence-electron chi connectivity index (χ1n) is 6.14. The van der Waals surface area contributed by atoms with Crippen molar-refractivity contribution in [2.45, 2.75) is 23.3 Å². The van der Waals surface area contributed by atoms with Gasteiger partial charge in [-0.05, 0) is 24.6 Å². The van der Waals surface area contributed by atoms with Crippen LogP contribution in [-0.2, 0) is 0 Å². The van der Waals surface area contributed by atoms with Gasteiger partial charge < -0.3 is 5.32 Å². The zero-order valence-electron chi connectivity index (χ0n) is 10.8. The lowest BCUT2D eigenvalue weighted by atomic mass is 10.3. The van der Waals surface area contributed by atoms with Gasteiger partial charge in [-0.25, -0.2) is 9.37 Å². The summed E-state index contributed by atoms with van der Waals surface area (Å²) in [6.45, 7) is 2.81. The van der Waals surface area contributed by atoms with Gasteiger partial charge in [-0.15, -0.1) is 0 Å². The van der Waals surface area contributed by atoms with Crippen molar-refractivity contribution in [3.05, 3.63) is 46.2 Å². The molecule has 0 aliphatic rings. The van der Waals surface area contributed by atoms with Crippen LogP contribution >= 0.6 is 35.0 Å². The van der Waals surface area contributed by atoms with Crippen LogP contribution in [0.5, 0.6) is 0 Å². The molecule has 0 radical (unpaired) electrons. The molecule has 0 aliphatic carbocycles. The highest BCUT2D eigenvalue weighted by Gasteiger charge is 2.12. The molecule has 0 fully saturated rings. The van der Waals surface area contributed by atoms with Crippen LogP contribution in [0.25, 0.3) is 0 Å². The summed E-state index contributed by atoms with van der Waals surface area (Å²) in [7, 11) is 0. The fourth-order valence-electron chi connectivity index (χ4n) is 1.52. The molecule has 0 unspecified atom stereocenters. The summed E-state index contributed by atoms with van der Waals surface area (Å²) in [6.07, 6.45) is 0.955. The van der Waals surface area contributed by atoms with E-state index in [1.165, 1.54) is 17.8 Å². The first-order chi connectivity index (χ1) is 9.61. The fraction of sp³-hybridized carbons (Fsp3) is 0.214. The Hall–Kier alpha value is -0.970. The molecule has 2 aromatic rings. The van der Waals surface area contributed by atoms with E-state index in [2.05, 4.69) is 10.3 Å². The second kappa shape index (κ2) is 7.16. The number of benzene rings is 1. The van der Waals surface area contributed by atoms with Crippen molar-refractivity contribution in [3.63, 3.8) is 0 Å². The van der Waals surface area contributed by atoms with E-state index in [1.54, 1.807) is 24.3 Å². The summed E-state index contributed by atoms with van der Waals surface area (Å²) in [5.41, 5.74) is 0. The zero-order valence-corrected chi connectivity index (χ0v) is 13.1. The molecule has 0 amide bonds. The predicted octanol–water partition coefficient (Wildman–Crippen LogP) is 5.50. The maximum atomic E-state index is 13.7. The van der Waals surface area contributed by atoms with Crippen LogP contribution in [-0.4, -0.2) is 11.5 Å². The van der Waals surface area contributed by atoms with E-state index in [9.17, 15) is 4.39 Å². The quantitative estimate of drug-likeness (QED) is 0.783. The van der Waals surface area contributed by atoms with Gasteiger partial charge in [0.2, 0.25) is 0 Å². The standard InChI is InChI=1S/C14H13Cl2FN2S/c1-2-7-18-13-9(15)8-10(16)14(19-13)20-12-6-4-3-5-11(12)17/h3-6,8H,2,7H2,1H3,(H,18,19). The van der Waals surface area contributed by atoms with Gasteiger partial charge >= 0.3 is 0 Å². The van der Waals surface area contributed by atoms with Crippen LogP contribution in [0.3, 0.4) is 0 Å². The van der Waals surface area contributed by atoms with Gasteiger partial charge in [-0.2, -0.15) is 0 Å². The number of pyridine rings is 1. The molecule has 20 heavy (non-hydrogen) atoms. The minimum atomic E-state index is -0.298. The Bertz CT molecular complexity index is 608. The van der Waals surface area contributed by atoms with Crippen LogP contribution in [0, 0.1) is 5.82 Å². The lowest BCUT2D eigenvalue weighted by Gasteiger charge is -2.10. The molecule has 1 aromatic carbocycles. The molecule has 1 N–H and O–H groups in total. The molecule has 0 bridgehead atoms. The Morgan fingerprint density at radius 3 is 2.70 bits per heavy atom. The minimum Gasteiger partial charge on any atom is -0.369 e. The van der Waals surface area contributed by atoms with Crippen molar-refractivity contribution >= 4 is 40.8 Å². The van der Waals surface area contributed by atoms with Crippen molar-refractivity contribution in [2.75, 3.05) is 11.9 Å². The van der Waals surface area contributed by atoms with Crippen LogP contribution < -0.4 is 5.32 Å². The summed E-state index contributed by atoms with van der Waals surface area (Å²) in [4.78, 5) is 4.84. The monoisotopic (exact) mass is 330 g/mol. The fourth-order valence-corrected chi connectivity index (χ4v) is 2.88. The van der Waals surface area contributed by atoms with Crippen LogP contribution in [0.4, 0.5) is 10.2 Å². The Labute approximate surface area is 131 Å². The SMILES string of the molecule is CCCNc1nc(Sc2ccccc2F)c(Cl)cc1Cl. The Morgan fingerprint density at radius 1 is 1.25 bits per heavy atom. The molecule has 6 heteroatoms. The molecular weight excluding hydrogens is 318 g/mol. The van der Waals surface area contributed by atoms with Crippen LogP contribution in [0.15, 0.2) is 40.3 Å². The second-order valence-electron chi connectivity index (χ2n) is 4.07. The molecule has 106 valence electrons. The van der Waals surface area contributed by atoms with Crippen molar-refractivity contribution < 1.29 is 4.39 Å². The van der Waals surface area contributed by atoms with E-state index in [-0.39, 0.29) is 5.82 Å². The topological polar surface area (TPSA) is 24.9 Å². The highest BCUT2D eigenvalue weighted by molar-refractivity contribution is 7.99. The van der Waals surface area contributed by atoms with Gasteiger partial charge in [0.15, 0.2) is 0 Å². The van der Waals surface area contributed by atoms with Crippen molar-refractivity contribution in [2.24, 2.45) is 0 Å². The van der Waals surface area contributed by atoms with Gasteiger partial charge in [-0.3, -0.25) is 0 Å². The molecule has 0 saturated heterocycles. The molecule has 0 spiro atoms. The first kappa shape index (κ1) is 15.4. The van der Waals surface area contributed by atoms with Crippen molar-refractivity contribution in [1.29, 1.82) is 0 Å². The first-order valence-corrected chi connectivity index (χ1v) is 7.71. The number of anilines is 1. The molecule has 2 rings (SSSR count). The summed E-state index contributed by atoms with van der Waals surface area (Å²) >= 11 is 13.4. The van der Waals surface area contributed by atoms with Gasteiger partial charge in [-0.1, -0.05) is 54.0 Å². The van der Waals surface area contributed by atoms with E-state index >= 15 is 0 Å². The molecule has 2 nitrogen and oxygen atoms in total. The number of nitrogens with one attached hydrogen (secondary N) is 1. The number of aromatic nitrogens is 1. The van der Waals surface area contributed by atoms with Gasteiger partial charge in [0.1, 0.15) is 16.7 Å². The third-order valence-electron chi connectivity index (χ3n) is 2.48. The van der Waals surface area contributed by atoms with E-state index in [1.807, 2.05) is 6.92 Å². The number of hydrogen-bond donors (Lipinski definition) is 1. The molecule has 0 aliphatic heterocycles. The smallest absolute Gasteiger partial charge is 0.146 e.